The van der Waals surface area contributed by atoms with Crippen molar-refractivity contribution >= 4 is 0 Å². The maximum absolute atomic E-state index is 12.0. The van der Waals surface area contributed by atoms with Crippen LogP contribution in [0.15, 0.2) is 24.3 Å². The van der Waals surface area contributed by atoms with Crippen molar-refractivity contribution in [2.45, 2.75) is 19.5 Å². The second-order valence-electron chi connectivity index (χ2n) is 4.09. The van der Waals surface area contributed by atoms with E-state index in [1.165, 1.54) is 11.9 Å². The number of alkyl halides is 3. The molecule has 90 valence electrons. The van der Waals surface area contributed by atoms with Crippen LogP contribution in [0.5, 0.6) is 0 Å². The molecule has 1 nitrogen and oxygen atoms in total. The van der Waals surface area contributed by atoms with E-state index in [2.05, 4.69) is 0 Å². The van der Waals surface area contributed by atoms with Crippen LogP contribution in [0.4, 0.5) is 13.2 Å². The number of hydrogen-bond acceptors (Lipinski definition) is 1. The first-order chi connectivity index (χ1) is 7.37. The molecule has 0 aromatic heterocycles. The molecule has 1 rings (SSSR count). The van der Waals surface area contributed by atoms with Gasteiger partial charge < -0.3 is 0 Å². The lowest BCUT2D eigenvalue weighted by Gasteiger charge is -2.18. The van der Waals surface area contributed by atoms with Crippen LogP contribution in [0.25, 0.3) is 0 Å². The standard InChI is InChI=1S/C12H16F3N/c1-10-3-5-11(6-4-10)7-8-16(2)9-12(13,14)15/h3-6H,7-9H2,1-2H3. The van der Waals surface area contributed by atoms with Gasteiger partial charge in [-0.2, -0.15) is 13.2 Å². The molecule has 0 aliphatic rings. The van der Waals surface area contributed by atoms with Crippen molar-refractivity contribution in [2.75, 3.05) is 20.1 Å². The highest BCUT2D eigenvalue weighted by Gasteiger charge is 2.28. The summed E-state index contributed by atoms with van der Waals surface area (Å²) >= 11 is 0. The van der Waals surface area contributed by atoms with Crippen LogP contribution >= 0.6 is 0 Å². The molecule has 0 spiro atoms. The summed E-state index contributed by atoms with van der Waals surface area (Å²) < 4.78 is 36.1. The fraction of sp³-hybridized carbons (Fsp3) is 0.500. The first-order valence-corrected chi connectivity index (χ1v) is 5.18. The Bertz CT molecular complexity index is 316. The third-order valence-corrected chi connectivity index (χ3v) is 2.35. The quantitative estimate of drug-likeness (QED) is 0.770. The molecule has 16 heavy (non-hydrogen) atoms. The van der Waals surface area contributed by atoms with Gasteiger partial charge in [0.1, 0.15) is 0 Å². The van der Waals surface area contributed by atoms with Crippen LogP contribution in [0.2, 0.25) is 0 Å². The van der Waals surface area contributed by atoms with Gasteiger partial charge in [-0.15, -0.1) is 0 Å². The first kappa shape index (κ1) is 13.0. The van der Waals surface area contributed by atoms with Crippen LogP contribution in [0.1, 0.15) is 11.1 Å². The van der Waals surface area contributed by atoms with E-state index in [4.69, 9.17) is 0 Å². The molecule has 0 radical (unpaired) electrons. The lowest BCUT2D eigenvalue weighted by atomic mass is 10.1. The molecule has 0 unspecified atom stereocenters. The Kier molecular flexibility index (Phi) is 4.35. The van der Waals surface area contributed by atoms with Gasteiger partial charge >= 0.3 is 6.18 Å². The Morgan fingerprint density at radius 2 is 1.69 bits per heavy atom. The molecule has 0 saturated heterocycles. The first-order valence-electron chi connectivity index (χ1n) is 5.18. The summed E-state index contributed by atoms with van der Waals surface area (Å²) in [4.78, 5) is 1.29. The minimum atomic E-state index is -4.11. The van der Waals surface area contributed by atoms with Crippen molar-refractivity contribution in [3.8, 4) is 0 Å². The molecular weight excluding hydrogens is 215 g/mol. The second kappa shape index (κ2) is 5.34. The fourth-order valence-corrected chi connectivity index (χ4v) is 1.46. The van der Waals surface area contributed by atoms with Crippen LogP contribution in [-0.4, -0.2) is 31.2 Å². The van der Waals surface area contributed by atoms with Crippen molar-refractivity contribution in [1.82, 2.24) is 4.90 Å². The van der Waals surface area contributed by atoms with Gasteiger partial charge in [0.05, 0.1) is 6.54 Å². The Morgan fingerprint density at radius 1 is 1.12 bits per heavy atom. The Hall–Kier alpha value is -1.03. The van der Waals surface area contributed by atoms with E-state index >= 15 is 0 Å². The largest absolute Gasteiger partial charge is 0.401 e. The summed E-state index contributed by atoms with van der Waals surface area (Å²) in [6, 6.07) is 7.85. The number of halogens is 3. The molecule has 0 N–H and O–H groups in total. The van der Waals surface area contributed by atoms with E-state index in [-0.39, 0.29) is 0 Å². The molecule has 0 aliphatic heterocycles. The average Bonchev–Trinajstić information content (AvgIpc) is 2.14. The Balaban J connectivity index is 2.37. The van der Waals surface area contributed by atoms with Crippen molar-refractivity contribution < 1.29 is 13.2 Å². The van der Waals surface area contributed by atoms with Gasteiger partial charge in [0, 0.05) is 6.54 Å². The van der Waals surface area contributed by atoms with Crippen LogP contribution in [0.3, 0.4) is 0 Å². The zero-order valence-corrected chi connectivity index (χ0v) is 9.51. The molecule has 0 fully saturated rings. The number of aryl methyl sites for hydroxylation is 1. The van der Waals surface area contributed by atoms with Crippen LogP contribution in [0, 0.1) is 6.92 Å². The predicted molar refractivity (Wildman–Crippen MR) is 58.4 cm³/mol. The summed E-state index contributed by atoms with van der Waals surface area (Å²) in [7, 11) is 1.49. The van der Waals surface area contributed by atoms with E-state index in [0.717, 1.165) is 11.1 Å². The maximum atomic E-state index is 12.0. The molecule has 0 saturated carbocycles. The summed E-state index contributed by atoms with van der Waals surface area (Å²) in [6.07, 6.45) is -3.46. The molecule has 0 atom stereocenters. The highest BCUT2D eigenvalue weighted by Crippen LogP contribution is 2.15. The van der Waals surface area contributed by atoms with Gasteiger partial charge in [0.25, 0.3) is 0 Å². The number of benzene rings is 1. The average molecular weight is 231 g/mol. The normalized spacial score (nSPS) is 12.1. The number of likely N-dealkylation sites (N-methyl/N-ethyl adjacent to an activating group) is 1. The lowest BCUT2D eigenvalue weighted by Crippen LogP contribution is -2.32. The van der Waals surface area contributed by atoms with Crippen LogP contribution < -0.4 is 0 Å². The SMILES string of the molecule is Cc1ccc(CCN(C)CC(F)(F)F)cc1. The molecular formula is C12H16F3N. The highest BCUT2D eigenvalue weighted by atomic mass is 19.4. The molecule has 1 aromatic carbocycles. The van der Waals surface area contributed by atoms with E-state index in [1.54, 1.807) is 0 Å². The summed E-state index contributed by atoms with van der Waals surface area (Å²) in [5.74, 6) is 0. The minimum absolute atomic E-state index is 0.419. The highest BCUT2D eigenvalue weighted by molar-refractivity contribution is 5.21. The van der Waals surface area contributed by atoms with Crippen molar-refractivity contribution in [3.05, 3.63) is 35.4 Å². The summed E-state index contributed by atoms with van der Waals surface area (Å²) in [5, 5.41) is 0. The van der Waals surface area contributed by atoms with Gasteiger partial charge in [0.15, 0.2) is 0 Å². The number of rotatable bonds is 4. The molecule has 0 amide bonds. The molecule has 0 bridgehead atoms. The Morgan fingerprint density at radius 3 is 2.19 bits per heavy atom. The van der Waals surface area contributed by atoms with Gasteiger partial charge in [-0.1, -0.05) is 29.8 Å². The lowest BCUT2D eigenvalue weighted by molar-refractivity contribution is -0.142. The summed E-state index contributed by atoms with van der Waals surface area (Å²) in [5.41, 5.74) is 2.23. The van der Waals surface area contributed by atoms with Crippen molar-refractivity contribution in [3.63, 3.8) is 0 Å². The Labute approximate surface area is 93.9 Å². The fourth-order valence-electron chi connectivity index (χ4n) is 1.46. The third-order valence-electron chi connectivity index (χ3n) is 2.35. The maximum Gasteiger partial charge on any atom is 0.401 e. The second-order valence-corrected chi connectivity index (χ2v) is 4.09. The smallest absolute Gasteiger partial charge is 0.298 e. The van der Waals surface area contributed by atoms with Gasteiger partial charge in [0.2, 0.25) is 0 Å². The zero-order valence-electron chi connectivity index (χ0n) is 9.51. The monoisotopic (exact) mass is 231 g/mol. The summed E-state index contributed by atoms with van der Waals surface area (Å²) in [6.45, 7) is 1.56. The van der Waals surface area contributed by atoms with Gasteiger partial charge in [-0.05, 0) is 26.0 Å². The van der Waals surface area contributed by atoms with Crippen molar-refractivity contribution in [1.29, 1.82) is 0 Å². The van der Waals surface area contributed by atoms with Crippen LogP contribution in [-0.2, 0) is 6.42 Å². The topological polar surface area (TPSA) is 3.24 Å². The predicted octanol–water partition coefficient (Wildman–Crippen LogP) is 3.03. The van der Waals surface area contributed by atoms with Crippen molar-refractivity contribution in [2.24, 2.45) is 0 Å². The molecule has 1 aromatic rings. The molecule has 4 heteroatoms. The third kappa shape index (κ3) is 5.16. The zero-order chi connectivity index (χ0) is 12.2. The number of nitrogens with zero attached hydrogens (tertiary/aromatic N) is 1. The number of hydrogen-bond donors (Lipinski definition) is 0. The molecule has 0 heterocycles. The van der Waals surface area contributed by atoms with E-state index in [9.17, 15) is 13.2 Å². The molecule has 0 aliphatic carbocycles. The van der Waals surface area contributed by atoms with E-state index in [0.29, 0.717) is 13.0 Å². The van der Waals surface area contributed by atoms with E-state index < -0.39 is 12.7 Å². The van der Waals surface area contributed by atoms with Gasteiger partial charge in [-0.3, -0.25) is 4.90 Å². The minimum Gasteiger partial charge on any atom is -0.298 e. The van der Waals surface area contributed by atoms with E-state index in [1.807, 2.05) is 31.2 Å². The van der Waals surface area contributed by atoms with Gasteiger partial charge in [-0.25, -0.2) is 0 Å².